The van der Waals surface area contributed by atoms with Crippen molar-refractivity contribution in [2.75, 3.05) is 6.61 Å². The summed E-state index contributed by atoms with van der Waals surface area (Å²) in [5, 5.41) is 9.31. The van der Waals surface area contributed by atoms with Crippen LogP contribution in [0.3, 0.4) is 0 Å². The summed E-state index contributed by atoms with van der Waals surface area (Å²) in [5.41, 5.74) is 1.34. The number of halogens is 1. The molecule has 120 valence electrons. The van der Waals surface area contributed by atoms with Gasteiger partial charge in [-0.05, 0) is 42.8 Å². The van der Waals surface area contributed by atoms with Crippen LogP contribution >= 0.6 is 11.6 Å². The smallest absolute Gasteiger partial charge is 0.310 e. The Morgan fingerprint density at radius 3 is 2.75 bits per heavy atom. The third-order valence-corrected chi connectivity index (χ3v) is 3.32. The van der Waals surface area contributed by atoms with Crippen molar-refractivity contribution >= 4 is 23.3 Å². The van der Waals surface area contributed by atoms with Crippen molar-refractivity contribution in [1.82, 2.24) is 0 Å². The van der Waals surface area contributed by atoms with Crippen LogP contribution < -0.4 is 4.74 Å². The number of carbonyl (C=O) groups excluding carboxylic acids is 1. The second kappa shape index (κ2) is 8.01. The molecule has 0 radical (unpaired) electrons. The number of esters is 1. The number of nitriles is 1. The van der Waals surface area contributed by atoms with Gasteiger partial charge >= 0.3 is 5.97 Å². The average molecular weight is 341 g/mol. The van der Waals surface area contributed by atoms with Gasteiger partial charge in [-0.15, -0.1) is 0 Å². The minimum Gasteiger partial charge on any atom is -0.466 e. The van der Waals surface area contributed by atoms with Crippen molar-refractivity contribution < 1.29 is 14.3 Å². The fourth-order valence-electron chi connectivity index (χ4n) is 2.01. The van der Waals surface area contributed by atoms with E-state index in [1.807, 2.05) is 6.07 Å². The van der Waals surface area contributed by atoms with Gasteiger partial charge in [0, 0.05) is 5.56 Å². The van der Waals surface area contributed by atoms with Gasteiger partial charge in [0.15, 0.2) is 5.69 Å². The maximum absolute atomic E-state index is 11.5. The van der Waals surface area contributed by atoms with Crippen molar-refractivity contribution in [3.8, 4) is 17.6 Å². The van der Waals surface area contributed by atoms with Gasteiger partial charge in [-0.1, -0.05) is 17.7 Å². The monoisotopic (exact) mass is 340 g/mol. The molecule has 0 atom stereocenters. The topological polar surface area (TPSA) is 63.7 Å². The molecule has 0 spiro atoms. The zero-order chi connectivity index (χ0) is 17.5. The second-order valence-corrected chi connectivity index (χ2v) is 5.20. The molecule has 2 rings (SSSR count). The largest absolute Gasteiger partial charge is 0.466 e. The molecule has 2 aromatic rings. The van der Waals surface area contributed by atoms with Crippen LogP contribution in [0.4, 0.5) is 5.69 Å². The Morgan fingerprint density at radius 2 is 2.12 bits per heavy atom. The summed E-state index contributed by atoms with van der Waals surface area (Å²) in [4.78, 5) is 14.8. The number of ether oxygens (including phenoxy) is 2. The number of rotatable bonds is 5. The molecule has 6 heteroatoms. The van der Waals surface area contributed by atoms with Gasteiger partial charge in [-0.2, -0.15) is 5.26 Å². The van der Waals surface area contributed by atoms with Crippen molar-refractivity contribution in [3.63, 3.8) is 0 Å². The first-order valence-electron chi connectivity index (χ1n) is 7.10. The normalized spacial score (nSPS) is 9.67. The maximum atomic E-state index is 11.5. The molecule has 0 aliphatic rings. The summed E-state index contributed by atoms with van der Waals surface area (Å²) in [5.74, 6) is 0.390. The number of benzene rings is 2. The molecule has 0 saturated heterocycles. The van der Waals surface area contributed by atoms with Crippen molar-refractivity contribution in [3.05, 3.63) is 64.0 Å². The van der Waals surface area contributed by atoms with E-state index in [0.29, 0.717) is 39.9 Å². The molecule has 0 heterocycles. The maximum Gasteiger partial charge on any atom is 0.310 e. The van der Waals surface area contributed by atoms with Crippen LogP contribution in [-0.4, -0.2) is 12.6 Å². The predicted octanol–water partition coefficient (Wildman–Crippen LogP) is 4.66. The van der Waals surface area contributed by atoms with Crippen LogP contribution in [-0.2, 0) is 16.0 Å². The Labute approximate surface area is 144 Å². The first-order chi connectivity index (χ1) is 11.5. The van der Waals surface area contributed by atoms with Crippen LogP contribution in [0.15, 0.2) is 36.4 Å². The van der Waals surface area contributed by atoms with Crippen molar-refractivity contribution in [2.45, 2.75) is 13.3 Å². The van der Waals surface area contributed by atoms with Crippen molar-refractivity contribution in [1.29, 1.82) is 5.26 Å². The second-order valence-electron chi connectivity index (χ2n) is 4.79. The molecule has 0 amide bonds. The fourth-order valence-corrected chi connectivity index (χ4v) is 2.26. The molecule has 5 nitrogen and oxygen atoms in total. The number of nitrogens with zero attached hydrogens (tertiary/aromatic N) is 2. The van der Waals surface area contributed by atoms with Gasteiger partial charge in [0.1, 0.15) is 11.5 Å². The zero-order valence-electron chi connectivity index (χ0n) is 12.9. The third-order valence-electron chi connectivity index (χ3n) is 3.03. The molecular formula is C18H13ClN2O3. The van der Waals surface area contributed by atoms with E-state index in [-0.39, 0.29) is 12.4 Å². The van der Waals surface area contributed by atoms with Gasteiger partial charge in [0.2, 0.25) is 0 Å². The van der Waals surface area contributed by atoms with Crippen molar-refractivity contribution in [2.24, 2.45) is 0 Å². The Bertz CT molecular complexity index is 818. The van der Waals surface area contributed by atoms with E-state index in [1.165, 1.54) is 18.2 Å². The lowest BCUT2D eigenvalue weighted by Gasteiger charge is -2.10. The highest BCUT2D eigenvalue weighted by molar-refractivity contribution is 6.32. The van der Waals surface area contributed by atoms with Gasteiger partial charge in [-0.25, -0.2) is 4.85 Å². The fraction of sp³-hybridized carbons (Fsp3) is 0.167. The average Bonchev–Trinajstić information content (AvgIpc) is 2.57. The molecule has 2 aromatic carbocycles. The SMILES string of the molecule is [C-]#[N+]c1cc(C#N)cc(Oc2ccc(CC(=O)OCC)cc2Cl)c1. The number of carbonyl (C=O) groups is 1. The molecule has 0 fully saturated rings. The molecule has 24 heavy (non-hydrogen) atoms. The Hall–Kier alpha value is -3.02. The first kappa shape index (κ1) is 17.3. The molecule has 0 aliphatic heterocycles. The van der Waals surface area contributed by atoms with Gasteiger partial charge < -0.3 is 9.47 Å². The van der Waals surface area contributed by atoms with Gasteiger partial charge in [-0.3, -0.25) is 4.79 Å². The summed E-state index contributed by atoms with van der Waals surface area (Å²) in [6.07, 6.45) is 0.125. The van der Waals surface area contributed by atoms with Crippen LogP contribution in [0.5, 0.6) is 11.5 Å². The van der Waals surface area contributed by atoms with Gasteiger partial charge in [0.05, 0.1) is 30.7 Å². The van der Waals surface area contributed by atoms with E-state index in [4.69, 9.17) is 32.9 Å². The quantitative estimate of drug-likeness (QED) is 0.586. The lowest BCUT2D eigenvalue weighted by Crippen LogP contribution is -2.07. The van der Waals surface area contributed by atoms with Crippen LogP contribution in [0.2, 0.25) is 5.02 Å². The first-order valence-corrected chi connectivity index (χ1v) is 7.48. The summed E-state index contributed by atoms with van der Waals surface area (Å²) in [7, 11) is 0. The summed E-state index contributed by atoms with van der Waals surface area (Å²) < 4.78 is 10.5. The Balaban J connectivity index is 2.21. The number of hydrogen-bond acceptors (Lipinski definition) is 4. The summed E-state index contributed by atoms with van der Waals surface area (Å²) in [6.45, 7) is 9.12. The van der Waals surface area contributed by atoms with E-state index in [1.54, 1.807) is 25.1 Å². The lowest BCUT2D eigenvalue weighted by atomic mass is 10.1. The van der Waals surface area contributed by atoms with Crippen LogP contribution in [0.25, 0.3) is 4.85 Å². The summed E-state index contributed by atoms with van der Waals surface area (Å²) >= 11 is 6.18. The zero-order valence-corrected chi connectivity index (χ0v) is 13.6. The molecule has 0 N–H and O–H groups in total. The Kier molecular flexibility index (Phi) is 5.78. The molecule has 0 bridgehead atoms. The minimum absolute atomic E-state index is 0.125. The number of hydrogen-bond donors (Lipinski definition) is 0. The highest BCUT2D eigenvalue weighted by atomic mass is 35.5. The predicted molar refractivity (Wildman–Crippen MR) is 89.3 cm³/mol. The third kappa shape index (κ3) is 4.49. The molecule has 0 unspecified atom stereocenters. The van der Waals surface area contributed by atoms with E-state index >= 15 is 0 Å². The molecular weight excluding hydrogens is 328 g/mol. The van der Waals surface area contributed by atoms with Crippen LogP contribution in [0.1, 0.15) is 18.1 Å². The van der Waals surface area contributed by atoms with Crippen LogP contribution in [0, 0.1) is 17.9 Å². The van der Waals surface area contributed by atoms with Gasteiger partial charge in [0.25, 0.3) is 0 Å². The Morgan fingerprint density at radius 1 is 1.33 bits per heavy atom. The van der Waals surface area contributed by atoms with E-state index in [0.717, 1.165) is 0 Å². The molecule has 0 aliphatic carbocycles. The van der Waals surface area contributed by atoms with E-state index < -0.39 is 0 Å². The standard InChI is InChI=1S/C18H13ClN2O3/c1-3-23-18(22)9-12-4-5-17(16(19)8-12)24-15-7-13(11-20)6-14(10-15)21-2/h4-8,10H,3,9H2,1H3. The molecule has 0 aromatic heterocycles. The lowest BCUT2D eigenvalue weighted by molar-refractivity contribution is -0.142. The minimum atomic E-state index is -0.328. The highest BCUT2D eigenvalue weighted by Crippen LogP contribution is 2.32. The van der Waals surface area contributed by atoms with E-state index in [9.17, 15) is 4.79 Å². The molecule has 0 saturated carbocycles. The van der Waals surface area contributed by atoms with E-state index in [2.05, 4.69) is 4.85 Å². The highest BCUT2D eigenvalue weighted by Gasteiger charge is 2.10. The summed E-state index contributed by atoms with van der Waals surface area (Å²) in [6, 6.07) is 11.5.